The van der Waals surface area contributed by atoms with Gasteiger partial charge in [-0.05, 0) is 61.9 Å². The lowest BCUT2D eigenvalue weighted by Gasteiger charge is -2.08. The van der Waals surface area contributed by atoms with E-state index in [0.717, 1.165) is 19.6 Å². The molecule has 0 aliphatic heterocycles. The van der Waals surface area contributed by atoms with Crippen LogP contribution in [-0.4, -0.2) is 4.92 Å². The molecule has 0 N–H and O–H groups in total. The van der Waals surface area contributed by atoms with Crippen molar-refractivity contribution in [1.82, 2.24) is 0 Å². The van der Waals surface area contributed by atoms with Crippen LogP contribution in [-0.2, 0) is 0 Å². The number of nitro benzene ring substituents is 1. The molecule has 0 aliphatic rings. The molecule has 27 heavy (non-hydrogen) atoms. The highest BCUT2D eigenvalue weighted by atomic mass is 32.2. The van der Waals surface area contributed by atoms with Gasteiger partial charge in [0, 0.05) is 21.9 Å². The monoisotopic (exact) mass is 393 g/mol. The van der Waals surface area contributed by atoms with Crippen LogP contribution in [0.4, 0.5) is 5.69 Å². The van der Waals surface area contributed by atoms with Gasteiger partial charge in [0.1, 0.15) is 0 Å². The summed E-state index contributed by atoms with van der Waals surface area (Å²) in [4.78, 5) is 12.8. The Balaban J connectivity index is 1.88. The highest BCUT2D eigenvalue weighted by Gasteiger charge is 2.07. The molecule has 5 heteroatoms. The maximum Gasteiger partial charge on any atom is 0.269 e. The van der Waals surface area contributed by atoms with Crippen LogP contribution in [0.2, 0.25) is 0 Å². The van der Waals surface area contributed by atoms with Crippen molar-refractivity contribution in [2.45, 2.75) is 23.6 Å². The summed E-state index contributed by atoms with van der Waals surface area (Å²) in [5.74, 6) is 0. The quantitative estimate of drug-likeness (QED) is 0.255. The average Bonchev–Trinajstić information content (AvgIpc) is 2.66. The van der Waals surface area contributed by atoms with Gasteiger partial charge in [-0.1, -0.05) is 58.9 Å². The molecule has 0 spiro atoms. The SMILES string of the molecule is Cc1ccc(SC(=Cc2ccc([N+](=O)[O-])cc2)Sc2ccc(C)cc2)cc1. The number of nitro groups is 1. The van der Waals surface area contributed by atoms with Gasteiger partial charge in [-0.15, -0.1) is 0 Å². The standard InChI is InChI=1S/C22H19NO2S2/c1-16-3-11-20(12-4-16)26-22(27-21-13-5-17(2)6-14-21)15-18-7-9-19(10-8-18)23(24)25/h3-15H,1-2H3. The van der Waals surface area contributed by atoms with Crippen LogP contribution in [0.5, 0.6) is 0 Å². The van der Waals surface area contributed by atoms with Crippen molar-refractivity contribution in [3.05, 3.63) is 104 Å². The van der Waals surface area contributed by atoms with E-state index in [1.165, 1.54) is 23.3 Å². The van der Waals surface area contributed by atoms with Gasteiger partial charge in [0.25, 0.3) is 5.69 Å². The summed E-state index contributed by atoms with van der Waals surface area (Å²) in [6.07, 6.45) is 2.07. The van der Waals surface area contributed by atoms with Crippen molar-refractivity contribution < 1.29 is 4.92 Å². The molecule has 0 radical (unpaired) electrons. The first-order chi connectivity index (χ1) is 13.0. The molecule has 0 atom stereocenters. The van der Waals surface area contributed by atoms with Crippen molar-refractivity contribution in [3.8, 4) is 0 Å². The lowest BCUT2D eigenvalue weighted by atomic mass is 10.2. The first-order valence-corrected chi connectivity index (χ1v) is 10.1. The van der Waals surface area contributed by atoms with Gasteiger partial charge in [0.15, 0.2) is 0 Å². The number of thioether (sulfide) groups is 2. The summed E-state index contributed by atoms with van der Waals surface area (Å²) in [5.41, 5.74) is 3.50. The molecule has 3 rings (SSSR count). The first-order valence-electron chi connectivity index (χ1n) is 8.45. The molecule has 0 fully saturated rings. The Bertz CT molecular complexity index is 898. The van der Waals surface area contributed by atoms with Gasteiger partial charge in [-0.25, -0.2) is 0 Å². The topological polar surface area (TPSA) is 43.1 Å². The summed E-state index contributed by atoms with van der Waals surface area (Å²) in [5, 5.41) is 10.9. The molecule has 0 unspecified atom stereocenters. The molecular formula is C22H19NO2S2. The van der Waals surface area contributed by atoms with Crippen LogP contribution in [0.25, 0.3) is 6.08 Å². The van der Waals surface area contributed by atoms with Gasteiger partial charge >= 0.3 is 0 Å². The average molecular weight is 394 g/mol. The molecule has 3 aromatic rings. The molecule has 0 saturated heterocycles. The summed E-state index contributed by atoms with van der Waals surface area (Å²) in [6, 6.07) is 23.5. The van der Waals surface area contributed by atoms with Crippen molar-refractivity contribution in [2.75, 3.05) is 0 Å². The molecule has 0 aromatic heterocycles. The van der Waals surface area contributed by atoms with Crippen LogP contribution < -0.4 is 0 Å². The fourth-order valence-corrected chi connectivity index (χ4v) is 4.50. The molecule has 136 valence electrons. The number of hydrogen-bond acceptors (Lipinski definition) is 4. The highest BCUT2D eigenvalue weighted by Crippen LogP contribution is 2.40. The normalized spacial score (nSPS) is 10.4. The van der Waals surface area contributed by atoms with E-state index in [1.807, 2.05) is 0 Å². The molecule has 3 aromatic carbocycles. The van der Waals surface area contributed by atoms with E-state index < -0.39 is 0 Å². The number of aryl methyl sites for hydroxylation is 2. The Hall–Kier alpha value is -2.50. The second-order valence-corrected chi connectivity index (χ2v) is 8.63. The van der Waals surface area contributed by atoms with Gasteiger partial charge in [-0.3, -0.25) is 10.1 Å². The maximum absolute atomic E-state index is 10.9. The number of non-ortho nitro benzene ring substituents is 1. The third kappa shape index (κ3) is 5.74. The number of hydrogen-bond donors (Lipinski definition) is 0. The van der Waals surface area contributed by atoms with Crippen LogP contribution in [0.1, 0.15) is 16.7 Å². The van der Waals surface area contributed by atoms with Crippen molar-refractivity contribution in [3.63, 3.8) is 0 Å². The molecule has 0 saturated carbocycles. The minimum atomic E-state index is -0.378. The number of benzene rings is 3. The Morgan fingerprint density at radius 2 is 1.22 bits per heavy atom. The third-order valence-corrected chi connectivity index (χ3v) is 6.02. The smallest absolute Gasteiger partial charge is 0.258 e. The predicted octanol–water partition coefficient (Wildman–Crippen LogP) is 7.09. The molecule has 0 amide bonds. The van der Waals surface area contributed by atoms with E-state index in [0.29, 0.717) is 0 Å². The van der Waals surface area contributed by atoms with Crippen LogP contribution in [0, 0.1) is 24.0 Å². The Morgan fingerprint density at radius 3 is 1.63 bits per heavy atom. The van der Waals surface area contributed by atoms with Crippen LogP contribution in [0.3, 0.4) is 0 Å². The Kier molecular flexibility index (Phi) is 6.37. The fraction of sp³-hybridized carbons (Fsp3) is 0.0909. The van der Waals surface area contributed by atoms with Crippen molar-refractivity contribution in [1.29, 1.82) is 0 Å². The Morgan fingerprint density at radius 1 is 0.778 bits per heavy atom. The molecule has 0 bridgehead atoms. The third-order valence-electron chi connectivity index (χ3n) is 3.87. The van der Waals surface area contributed by atoms with E-state index in [2.05, 4.69) is 68.5 Å². The number of nitrogens with zero attached hydrogens (tertiary/aromatic N) is 1. The highest BCUT2D eigenvalue weighted by molar-refractivity contribution is 8.22. The zero-order valence-corrected chi connectivity index (χ0v) is 16.7. The molecular weight excluding hydrogens is 374 g/mol. The summed E-state index contributed by atoms with van der Waals surface area (Å²) in [7, 11) is 0. The number of rotatable bonds is 6. The van der Waals surface area contributed by atoms with Crippen molar-refractivity contribution in [2.24, 2.45) is 0 Å². The predicted molar refractivity (Wildman–Crippen MR) is 115 cm³/mol. The van der Waals surface area contributed by atoms with E-state index in [9.17, 15) is 10.1 Å². The van der Waals surface area contributed by atoms with Crippen LogP contribution in [0.15, 0.2) is 86.8 Å². The van der Waals surface area contributed by atoms with E-state index in [1.54, 1.807) is 35.7 Å². The molecule has 3 nitrogen and oxygen atoms in total. The minimum Gasteiger partial charge on any atom is -0.258 e. The lowest BCUT2D eigenvalue weighted by molar-refractivity contribution is -0.384. The largest absolute Gasteiger partial charge is 0.269 e. The summed E-state index contributed by atoms with van der Waals surface area (Å²) >= 11 is 3.38. The second kappa shape index (κ2) is 8.93. The summed E-state index contributed by atoms with van der Waals surface area (Å²) in [6.45, 7) is 4.15. The van der Waals surface area contributed by atoms with Gasteiger partial charge in [0.2, 0.25) is 0 Å². The molecule has 0 aliphatic carbocycles. The minimum absolute atomic E-state index is 0.103. The van der Waals surface area contributed by atoms with Gasteiger partial charge < -0.3 is 0 Å². The molecule has 0 heterocycles. The van der Waals surface area contributed by atoms with E-state index >= 15 is 0 Å². The van der Waals surface area contributed by atoms with Gasteiger partial charge in [0.05, 0.1) is 9.16 Å². The Labute approximate surface area is 167 Å². The first kappa shape index (κ1) is 19.3. The second-order valence-electron chi connectivity index (χ2n) is 6.14. The zero-order valence-electron chi connectivity index (χ0n) is 15.1. The van der Waals surface area contributed by atoms with Crippen LogP contribution >= 0.6 is 23.5 Å². The zero-order chi connectivity index (χ0) is 19.2. The van der Waals surface area contributed by atoms with Crippen molar-refractivity contribution >= 4 is 35.3 Å². The van der Waals surface area contributed by atoms with E-state index in [-0.39, 0.29) is 10.6 Å². The fourth-order valence-electron chi connectivity index (χ4n) is 2.35. The summed E-state index contributed by atoms with van der Waals surface area (Å²) < 4.78 is 1.11. The van der Waals surface area contributed by atoms with E-state index in [4.69, 9.17) is 0 Å². The maximum atomic E-state index is 10.9. The van der Waals surface area contributed by atoms with Gasteiger partial charge in [-0.2, -0.15) is 0 Å². The lowest BCUT2D eigenvalue weighted by Crippen LogP contribution is -1.86.